The minimum absolute atomic E-state index is 0.0444. The van der Waals surface area contributed by atoms with Gasteiger partial charge in [0.2, 0.25) is 0 Å². The molecular weight excluding hydrogens is 343 g/mol. The van der Waals surface area contributed by atoms with Crippen LogP contribution in [0.3, 0.4) is 0 Å². The van der Waals surface area contributed by atoms with Crippen molar-refractivity contribution in [2.75, 3.05) is 5.75 Å². The summed E-state index contributed by atoms with van der Waals surface area (Å²) in [6, 6.07) is 4.88. The predicted molar refractivity (Wildman–Crippen MR) is 84.8 cm³/mol. The number of aromatic nitrogens is 2. The molecule has 0 saturated heterocycles. The summed E-state index contributed by atoms with van der Waals surface area (Å²) in [5.41, 5.74) is 4.57. The molecule has 0 aliphatic carbocycles. The molecule has 2 rings (SSSR count). The number of benzene rings is 1. The number of hydrogen-bond donors (Lipinski definition) is 2. The number of carbonyl (C=O) groups is 2. The van der Waals surface area contributed by atoms with Gasteiger partial charge in [-0.25, -0.2) is 14.4 Å². The van der Waals surface area contributed by atoms with E-state index in [1.165, 1.54) is 30.1 Å². The first-order chi connectivity index (χ1) is 11.0. The molecule has 0 bridgehead atoms. The van der Waals surface area contributed by atoms with Crippen molar-refractivity contribution in [2.24, 2.45) is 0 Å². The Labute approximate surface area is 140 Å². The SMILES string of the molecule is CCSc1ncc(Cl)c(C(=O)NNC(=O)c2ccc(F)cc2)n1. The lowest BCUT2D eigenvalue weighted by atomic mass is 10.2. The summed E-state index contributed by atoms with van der Waals surface area (Å²) in [6.45, 7) is 1.92. The fraction of sp³-hybridized carbons (Fsp3) is 0.143. The zero-order valence-corrected chi connectivity index (χ0v) is 13.5. The van der Waals surface area contributed by atoms with Gasteiger partial charge in [0.1, 0.15) is 5.82 Å². The maximum absolute atomic E-state index is 12.8. The molecule has 0 aliphatic rings. The van der Waals surface area contributed by atoms with E-state index in [-0.39, 0.29) is 16.3 Å². The van der Waals surface area contributed by atoms with Crippen molar-refractivity contribution in [3.8, 4) is 0 Å². The molecule has 1 aromatic heterocycles. The van der Waals surface area contributed by atoms with Gasteiger partial charge in [0.25, 0.3) is 11.8 Å². The Morgan fingerprint density at radius 3 is 2.52 bits per heavy atom. The molecule has 1 heterocycles. The zero-order valence-electron chi connectivity index (χ0n) is 12.0. The molecule has 2 aromatic rings. The van der Waals surface area contributed by atoms with Crippen LogP contribution in [-0.4, -0.2) is 27.5 Å². The molecule has 120 valence electrons. The highest BCUT2D eigenvalue weighted by atomic mass is 35.5. The maximum Gasteiger partial charge on any atom is 0.289 e. The topological polar surface area (TPSA) is 84.0 Å². The third-order valence-electron chi connectivity index (χ3n) is 2.61. The van der Waals surface area contributed by atoms with E-state index in [2.05, 4.69) is 20.8 Å². The fourth-order valence-electron chi connectivity index (χ4n) is 1.55. The van der Waals surface area contributed by atoms with Crippen molar-refractivity contribution in [3.05, 3.63) is 52.6 Å². The summed E-state index contributed by atoms with van der Waals surface area (Å²) in [5, 5.41) is 0.478. The van der Waals surface area contributed by atoms with Gasteiger partial charge in [0.05, 0.1) is 11.2 Å². The van der Waals surface area contributed by atoms with Crippen LogP contribution >= 0.6 is 23.4 Å². The van der Waals surface area contributed by atoms with E-state index in [1.54, 1.807) is 0 Å². The van der Waals surface area contributed by atoms with Crippen molar-refractivity contribution in [2.45, 2.75) is 12.1 Å². The van der Waals surface area contributed by atoms with Crippen LogP contribution in [0.2, 0.25) is 5.02 Å². The van der Waals surface area contributed by atoms with Gasteiger partial charge in [-0.15, -0.1) is 0 Å². The van der Waals surface area contributed by atoms with Crippen LogP contribution in [0.1, 0.15) is 27.8 Å². The molecule has 23 heavy (non-hydrogen) atoms. The number of hydrazine groups is 1. The van der Waals surface area contributed by atoms with Crippen molar-refractivity contribution < 1.29 is 14.0 Å². The van der Waals surface area contributed by atoms with Crippen LogP contribution in [0, 0.1) is 5.82 Å². The lowest BCUT2D eigenvalue weighted by Gasteiger charge is -2.08. The van der Waals surface area contributed by atoms with E-state index in [4.69, 9.17) is 11.6 Å². The minimum Gasteiger partial charge on any atom is -0.267 e. The summed E-state index contributed by atoms with van der Waals surface area (Å²) < 4.78 is 12.8. The van der Waals surface area contributed by atoms with Gasteiger partial charge in [-0.05, 0) is 30.0 Å². The van der Waals surface area contributed by atoms with Gasteiger partial charge < -0.3 is 0 Å². The number of amides is 2. The summed E-state index contributed by atoms with van der Waals surface area (Å²) in [5.74, 6) is -0.985. The number of nitrogens with zero attached hydrogens (tertiary/aromatic N) is 2. The molecule has 0 fully saturated rings. The summed E-state index contributed by atoms with van der Waals surface area (Å²) in [4.78, 5) is 31.9. The van der Waals surface area contributed by atoms with Crippen LogP contribution in [-0.2, 0) is 0 Å². The lowest BCUT2D eigenvalue weighted by molar-refractivity contribution is 0.0843. The highest BCUT2D eigenvalue weighted by Crippen LogP contribution is 2.17. The van der Waals surface area contributed by atoms with Crippen LogP contribution < -0.4 is 10.9 Å². The average Bonchev–Trinajstić information content (AvgIpc) is 2.55. The maximum atomic E-state index is 12.8. The Morgan fingerprint density at radius 1 is 1.22 bits per heavy atom. The number of carbonyl (C=O) groups excluding carboxylic acids is 2. The van der Waals surface area contributed by atoms with Gasteiger partial charge in [-0.3, -0.25) is 20.4 Å². The number of rotatable bonds is 4. The Morgan fingerprint density at radius 2 is 1.87 bits per heavy atom. The van der Waals surface area contributed by atoms with Crippen molar-refractivity contribution >= 4 is 35.2 Å². The number of thioether (sulfide) groups is 1. The van der Waals surface area contributed by atoms with E-state index in [9.17, 15) is 14.0 Å². The monoisotopic (exact) mass is 354 g/mol. The van der Waals surface area contributed by atoms with Gasteiger partial charge in [0.15, 0.2) is 10.9 Å². The highest BCUT2D eigenvalue weighted by molar-refractivity contribution is 7.99. The van der Waals surface area contributed by atoms with Gasteiger partial charge in [-0.1, -0.05) is 30.3 Å². The normalized spacial score (nSPS) is 10.2. The zero-order chi connectivity index (χ0) is 16.8. The van der Waals surface area contributed by atoms with E-state index < -0.39 is 17.6 Å². The standard InChI is InChI=1S/C14H12ClFN4O2S/c1-2-23-14-17-7-10(15)11(18-14)13(22)20-19-12(21)8-3-5-9(16)6-4-8/h3-7H,2H2,1H3,(H,19,21)(H,20,22). The van der Waals surface area contributed by atoms with Gasteiger partial charge in [-0.2, -0.15) is 0 Å². The first-order valence-corrected chi connectivity index (χ1v) is 7.89. The Balaban J connectivity index is 2.03. The fourth-order valence-corrected chi connectivity index (χ4v) is 2.27. The smallest absolute Gasteiger partial charge is 0.267 e. The second-order valence-electron chi connectivity index (χ2n) is 4.20. The number of halogens is 2. The molecular formula is C14H12ClFN4O2S. The largest absolute Gasteiger partial charge is 0.289 e. The average molecular weight is 355 g/mol. The second kappa shape index (κ2) is 7.89. The van der Waals surface area contributed by atoms with E-state index in [0.717, 1.165) is 17.9 Å². The van der Waals surface area contributed by atoms with E-state index >= 15 is 0 Å². The Hall–Kier alpha value is -2.19. The molecule has 9 heteroatoms. The molecule has 0 radical (unpaired) electrons. The quantitative estimate of drug-likeness (QED) is 0.500. The molecule has 0 saturated carbocycles. The summed E-state index contributed by atoms with van der Waals surface area (Å²) >= 11 is 7.25. The lowest BCUT2D eigenvalue weighted by Crippen LogP contribution is -2.42. The number of hydrogen-bond acceptors (Lipinski definition) is 5. The molecule has 0 unspecified atom stereocenters. The molecule has 2 N–H and O–H groups in total. The molecule has 1 aromatic carbocycles. The summed E-state index contributed by atoms with van der Waals surface area (Å²) in [7, 11) is 0. The van der Waals surface area contributed by atoms with E-state index in [0.29, 0.717) is 5.16 Å². The molecule has 0 spiro atoms. The number of nitrogens with one attached hydrogen (secondary N) is 2. The van der Waals surface area contributed by atoms with Gasteiger partial charge in [0, 0.05) is 5.56 Å². The van der Waals surface area contributed by atoms with Crippen molar-refractivity contribution in [3.63, 3.8) is 0 Å². The second-order valence-corrected chi connectivity index (χ2v) is 5.84. The van der Waals surface area contributed by atoms with Crippen LogP contribution in [0.25, 0.3) is 0 Å². The third kappa shape index (κ3) is 4.64. The first kappa shape index (κ1) is 17.2. The molecule has 0 atom stereocenters. The molecule has 2 amide bonds. The van der Waals surface area contributed by atoms with Gasteiger partial charge >= 0.3 is 0 Å². The van der Waals surface area contributed by atoms with Crippen LogP contribution in [0.5, 0.6) is 0 Å². The highest BCUT2D eigenvalue weighted by Gasteiger charge is 2.15. The third-order valence-corrected chi connectivity index (χ3v) is 3.63. The molecule has 0 aliphatic heterocycles. The predicted octanol–water partition coefficient (Wildman–Crippen LogP) is 2.46. The summed E-state index contributed by atoms with van der Waals surface area (Å²) in [6.07, 6.45) is 1.32. The minimum atomic E-state index is -0.675. The van der Waals surface area contributed by atoms with Crippen molar-refractivity contribution in [1.82, 2.24) is 20.8 Å². The first-order valence-electron chi connectivity index (χ1n) is 6.53. The Kier molecular flexibility index (Phi) is 5.89. The van der Waals surface area contributed by atoms with Crippen LogP contribution in [0.15, 0.2) is 35.6 Å². The van der Waals surface area contributed by atoms with Crippen molar-refractivity contribution in [1.29, 1.82) is 0 Å². The molecule has 6 nitrogen and oxygen atoms in total. The van der Waals surface area contributed by atoms with E-state index in [1.807, 2.05) is 6.92 Å². The Bertz CT molecular complexity index is 727. The van der Waals surface area contributed by atoms with Crippen LogP contribution in [0.4, 0.5) is 4.39 Å².